The Kier molecular flexibility index (Phi) is 3.08. The molecule has 0 aliphatic carbocycles. The van der Waals surface area contributed by atoms with Crippen molar-refractivity contribution >= 4 is 45.5 Å². The lowest BCUT2D eigenvalue weighted by Crippen LogP contribution is -2.86. The second kappa shape index (κ2) is 5.90. The van der Waals surface area contributed by atoms with Crippen LogP contribution in [0, 0.1) is 0 Å². The molecule has 0 fully saturated rings. The van der Waals surface area contributed by atoms with E-state index in [9.17, 15) is 0 Å². The number of nitrogens with zero attached hydrogens (tertiary/aromatic N) is 4. The summed E-state index contributed by atoms with van der Waals surface area (Å²) in [7, 11) is 0. The molecule has 154 valence electrons. The fraction of sp³-hybridized carbons (Fsp3) is 0. The molecular formula is C28H19BN4. The van der Waals surface area contributed by atoms with E-state index in [2.05, 4.69) is 129 Å². The molecule has 0 saturated carbocycles. The summed E-state index contributed by atoms with van der Waals surface area (Å²) in [6.45, 7) is -1.64. The second-order valence-electron chi connectivity index (χ2n) is 8.95. The van der Waals surface area contributed by atoms with Crippen molar-refractivity contribution in [2.45, 2.75) is 0 Å². The number of aliphatic imine (C=N–C) groups is 1. The maximum absolute atomic E-state index is 5.10. The number of allylic oxidation sites excluding steroid dienone is 2. The zero-order valence-corrected chi connectivity index (χ0v) is 17.8. The van der Waals surface area contributed by atoms with E-state index < -0.39 is 6.55 Å². The molecule has 8 rings (SSSR count). The molecule has 3 aliphatic rings. The number of amidine groups is 1. The number of rotatable bonds is 1. The minimum atomic E-state index is -1.64. The zero-order valence-electron chi connectivity index (χ0n) is 17.8. The van der Waals surface area contributed by atoms with Crippen LogP contribution in [0.3, 0.4) is 0 Å². The molecule has 0 bridgehead atoms. The standard InChI is InChI=1S/C28H19BN4/c1-2-10-20(11-3-1)29-31-19-7-6-17-26(31)30-27-18-9-16-25(32(27)29)23-14-8-13-22-21-12-4-5-15-24(21)33(29)28(22)23/h1-19H. The Morgan fingerprint density at radius 2 is 1.55 bits per heavy atom. The van der Waals surface area contributed by atoms with Crippen molar-refractivity contribution in [2.24, 2.45) is 4.99 Å². The molecule has 0 amide bonds. The third kappa shape index (κ3) is 1.90. The lowest BCUT2D eigenvalue weighted by molar-refractivity contribution is -0.529. The Morgan fingerprint density at radius 3 is 2.48 bits per heavy atom. The van der Waals surface area contributed by atoms with Crippen molar-refractivity contribution in [3.8, 4) is 11.3 Å². The van der Waals surface area contributed by atoms with Gasteiger partial charge in [0.2, 0.25) is 5.84 Å². The van der Waals surface area contributed by atoms with Gasteiger partial charge in [-0.25, -0.2) is 0 Å². The van der Waals surface area contributed by atoms with Crippen molar-refractivity contribution in [3.63, 3.8) is 0 Å². The summed E-state index contributed by atoms with van der Waals surface area (Å²) >= 11 is 0. The van der Waals surface area contributed by atoms with E-state index in [1.165, 1.54) is 38.5 Å². The highest BCUT2D eigenvalue weighted by molar-refractivity contribution is 6.85. The summed E-state index contributed by atoms with van der Waals surface area (Å²) in [5.74, 6) is 1.94. The molecule has 1 atom stereocenters. The highest BCUT2D eigenvalue weighted by atomic mass is 15.4. The van der Waals surface area contributed by atoms with Crippen molar-refractivity contribution < 1.29 is 4.48 Å². The quantitative estimate of drug-likeness (QED) is 0.359. The summed E-state index contributed by atoms with van der Waals surface area (Å²) < 4.78 is 5.06. The smallest absolute Gasteiger partial charge is 0.425 e. The molecular weight excluding hydrogens is 403 g/mol. The molecule has 3 aromatic carbocycles. The molecule has 0 saturated heterocycles. The van der Waals surface area contributed by atoms with Gasteiger partial charge in [0.1, 0.15) is 0 Å². The summed E-state index contributed by atoms with van der Waals surface area (Å²) in [6.07, 6.45) is 8.49. The second-order valence-corrected chi connectivity index (χ2v) is 8.95. The molecule has 0 N–H and O–H groups in total. The van der Waals surface area contributed by atoms with Crippen LogP contribution in [0.5, 0.6) is 0 Å². The van der Waals surface area contributed by atoms with Gasteiger partial charge in [0, 0.05) is 39.5 Å². The Morgan fingerprint density at radius 1 is 0.727 bits per heavy atom. The number of para-hydroxylation sites is 2. The molecule has 2 aromatic heterocycles. The van der Waals surface area contributed by atoms with Gasteiger partial charge in [-0.15, -0.1) is 5.46 Å². The average molecular weight is 422 g/mol. The Bertz CT molecular complexity index is 1730. The Balaban J connectivity index is 1.71. The van der Waals surface area contributed by atoms with Gasteiger partial charge in [0.25, 0.3) is 5.82 Å². The van der Waals surface area contributed by atoms with Crippen LogP contribution in [0.4, 0.5) is 5.82 Å². The monoisotopic (exact) mass is 422 g/mol. The summed E-state index contributed by atoms with van der Waals surface area (Å²) in [5, 5.41) is 2.57. The fourth-order valence-electron chi connectivity index (χ4n) is 6.33. The molecule has 4 nitrogen and oxygen atoms in total. The first kappa shape index (κ1) is 17.2. The summed E-state index contributed by atoms with van der Waals surface area (Å²) in [6, 6.07) is 32.9. The summed E-state index contributed by atoms with van der Waals surface area (Å²) in [5.41, 5.74) is 6.21. The summed E-state index contributed by atoms with van der Waals surface area (Å²) in [4.78, 5) is 7.48. The Labute approximate surface area is 191 Å². The first-order valence-electron chi connectivity index (χ1n) is 11.4. The van der Waals surface area contributed by atoms with Gasteiger partial charge in [0.15, 0.2) is 0 Å². The van der Waals surface area contributed by atoms with Crippen molar-refractivity contribution in [1.29, 1.82) is 0 Å². The lowest BCUT2D eigenvalue weighted by atomic mass is 9.48. The van der Waals surface area contributed by atoms with Crippen LogP contribution in [0.25, 0.3) is 33.1 Å². The number of pyridine rings is 1. The van der Waals surface area contributed by atoms with Crippen LogP contribution in [0.2, 0.25) is 0 Å². The Hall–Kier alpha value is -4.38. The average Bonchev–Trinajstić information content (AvgIpc) is 3.23. The van der Waals surface area contributed by atoms with Gasteiger partial charge in [-0.2, -0.15) is 0 Å². The topological polar surface area (TPSA) is 24.4 Å². The van der Waals surface area contributed by atoms with Crippen LogP contribution >= 0.6 is 0 Å². The maximum atomic E-state index is 5.10. The maximum Gasteiger partial charge on any atom is 0.425 e. The third-order valence-electron chi connectivity index (χ3n) is 7.46. The van der Waals surface area contributed by atoms with Crippen molar-refractivity contribution in [3.05, 3.63) is 115 Å². The van der Waals surface area contributed by atoms with E-state index in [-0.39, 0.29) is 0 Å². The molecule has 5 heterocycles. The lowest BCUT2D eigenvalue weighted by Gasteiger charge is -2.53. The van der Waals surface area contributed by atoms with E-state index in [1.54, 1.807) is 0 Å². The molecule has 1 unspecified atom stereocenters. The van der Waals surface area contributed by atoms with E-state index in [4.69, 9.17) is 4.99 Å². The highest BCUT2D eigenvalue weighted by Crippen LogP contribution is 2.42. The normalized spacial score (nSPS) is 19.5. The molecule has 33 heavy (non-hydrogen) atoms. The van der Waals surface area contributed by atoms with Crippen molar-refractivity contribution in [1.82, 2.24) is 9.29 Å². The van der Waals surface area contributed by atoms with Gasteiger partial charge < -0.3 is 13.8 Å². The van der Waals surface area contributed by atoms with Gasteiger partial charge in [-0.3, -0.25) is 0 Å². The largest absolute Gasteiger partial charge is 0.452 e. The first-order chi connectivity index (χ1) is 16.4. The SMILES string of the molecule is C1=CC2=Nc3cccc4[n+]3[B-](c3ccccc3)(N2C=C1)n1c2ccccc2c2cccc-4c21. The predicted molar refractivity (Wildman–Crippen MR) is 135 cm³/mol. The van der Waals surface area contributed by atoms with Crippen LogP contribution < -0.4 is 9.94 Å². The molecule has 3 aliphatic heterocycles. The predicted octanol–water partition coefficient (Wildman–Crippen LogP) is 4.73. The van der Waals surface area contributed by atoms with Crippen LogP contribution in [-0.2, 0) is 0 Å². The van der Waals surface area contributed by atoms with E-state index >= 15 is 0 Å². The molecule has 0 spiro atoms. The molecule has 5 heteroatoms. The molecule has 5 aromatic rings. The number of fused-ring (bicyclic) bond motifs is 7. The van der Waals surface area contributed by atoms with Crippen LogP contribution in [0.1, 0.15) is 0 Å². The van der Waals surface area contributed by atoms with Gasteiger partial charge in [0.05, 0.1) is 5.69 Å². The van der Waals surface area contributed by atoms with Crippen molar-refractivity contribution in [2.75, 3.05) is 0 Å². The zero-order chi connectivity index (χ0) is 21.6. The minimum Gasteiger partial charge on any atom is -0.452 e. The fourth-order valence-corrected chi connectivity index (χ4v) is 6.33. The van der Waals surface area contributed by atoms with E-state index in [1.807, 2.05) is 0 Å². The number of benzene rings is 3. The van der Waals surface area contributed by atoms with Crippen LogP contribution in [0.15, 0.2) is 120 Å². The number of hydrogen-bond acceptors (Lipinski definition) is 2. The first-order valence-corrected chi connectivity index (χ1v) is 11.4. The van der Waals surface area contributed by atoms with E-state index in [0.717, 1.165) is 11.7 Å². The van der Waals surface area contributed by atoms with E-state index in [0.29, 0.717) is 0 Å². The van der Waals surface area contributed by atoms with Gasteiger partial charge in [-0.1, -0.05) is 72.8 Å². The molecule has 0 radical (unpaired) electrons. The highest BCUT2D eigenvalue weighted by Gasteiger charge is 2.53. The number of hydrogen-bond donors (Lipinski definition) is 0. The third-order valence-corrected chi connectivity index (χ3v) is 7.46. The minimum absolute atomic E-state index is 0.962. The number of aromatic nitrogens is 2. The van der Waals surface area contributed by atoms with Gasteiger partial charge >= 0.3 is 6.55 Å². The van der Waals surface area contributed by atoms with Gasteiger partial charge in [-0.05, 0) is 35.5 Å². The van der Waals surface area contributed by atoms with Crippen LogP contribution in [-0.4, -0.2) is 21.7 Å².